The molecule has 1 fully saturated rings. The summed E-state index contributed by atoms with van der Waals surface area (Å²) in [5.41, 5.74) is 0.449. The fourth-order valence-electron chi connectivity index (χ4n) is 3.53. The maximum atomic E-state index is 12.6. The quantitative estimate of drug-likeness (QED) is 0.516. The number of hydrogen-bond acceptors (Lipinski definition) is 6. The van der Waals surface area contributed by atoms with Gasteiger partial charge in [-0.05, 0) is 56.1 Å². The second kappa shape index (κ2) is 9.37. The van der Waals surface area contributed by atoms with Crippen LogP contribution in [0.15, 0.2) is 48.7 Å². The Morgan fingerprint density at radius 2 is 1.84 bits per heavy atom. The van der Waals surface area contributed by atoms with Crippen molar-refractivity contribution in [1.29, 1.82) is 0 Å². The maximum absolute atomic E-state index is 12.6. The van der Waals surface area contributed by atoms with Gasteiger partial charge in [-0.25, -0.2) is 14.6 Å². The highest BCUT2D eigenvalue weighted by atomic mass is 16.5. The van der Waals surface area contributed by atoms with Gasteiger partial charge in [0, 0.05) is 11.6 Å². The Morgan fingerprint density at radius 1 is 1.06 bits per heavy atom. The van der Waals surface area contributed by atoms with Gasteiger partial charge in [-0.15, -0.1) is 0 Å². The third kappa shape index (κ3) is 4.71. The van der Waals surface area contributed by atoms with E-state index in [1.54, 1.807) is 42.5 Å². The zero-order valence-electron chi connectivity index (χ0n) is 16.9. The van der Waals surface area contributed by atoms with Crippen LogP contribution in [0.4, 0.5) is 0 Å². The third-order valence-electron chi connectivity index (χ3n) is 5.08. The standard InChI is InChI=1S/C24H21N3O4/c28-23(29)21-22(31-24(30)17-9-3-1-4-10-17)20-18(11-7-13-25-20)19(26-21)12-8-16-27-14-5-2-6-15-27/h1,3-4,7,9-11,13H,2,5-6,14-16H2,(H,28,29). The number of likely N-dealkylation sites (tertiary alicyclic amines) is 1. The highest BCUT2D eigenvalue weighted by Crippen LogP contribution is 2.29. The van der Waals surface area contributed by atoms with E-state index in [9.17, 15) is 14.7 Å². The Labute approximate surface area is 179 Å². The van der Waals surface area contributed by atoms with E-state index in [1.807, 2.05) is 0 Å². The summed E-state index contributed by atoms with van der Waals surface area (Å²) >= 11 is 0. The van der Waals surface area contributed by atoms with Crippen LogP contribution in [-0.4, -0.2) is 51.5 Å². The smallest absolute Gasteiger partial charge is 0.358 e. The van der Waals surface area contributed by atoms with Crippen molar-refractivity contribution >= 4 is 22.8 Å². The molecule has 0 radical (unpaired) electrons. The molecule has 1 N–H and O–H groups in total. The van der Waals surface area contributed by atoms with Gasteiger partial charge in [-0.3, -0.25) is 9.88 Å². The van der Waals surface area contributed by atoms with Crippen LogP contribution >= 0.6 is 0 Å². The van der Waals surface area contributed by atoms with Crippen molar-refractivity contribution in [1.82, 2.24) is 14.9 Å². The van der Waals surface area contributed by atoms with Crippen LogP contribution in [0.1, 0.15) is 45.8 Å². The van der Waals surface area contributed by atoms with Gasteiger partial charge in [0.2, 0.25) is 0 Å². The van der Waals surface area contributed by atoms with Crippen molar-refractivity contribution < 1.29 is 19.4 Å². The Balaban J connectivity index is 1.72. The number of hydrogen-bond donors (Lipinski definition) is 1. The van der Waals surface area contributed by atoms with Crippen LogP contribution < -0.4 is 4.74 Å². The Kier molecular flexibility index (Phi) is 6.20. The molecular weight excluding hydrogens is 394 g/mol. The first-order chi connectivity index (χ1) is 15.1. The van der Waals surface area contributed by atoms with E-state index in [2.05, 4.69) is 26.7 Å². The first kappa shape index (κ1) is 20.5. The molecule has 1 aromatic carbocycles. The fraction of sp³-hybridized carbons (Fsp3) is 0.250. The lowest BCUT2D eigenvalue weighted by molar-refractivity contribution is 0.0675. The third-order valence-corrected chi connectivity index (χ3v) is 5.08. The van der Waals surface area contributed by atoms with Crippen molar-refractivity contribution in [2.75, 3.05) is 19.6 Å². The van der Waals surface area contributed by atoms with Crippen molar-refractivity contribution in [3.8, 4) is 17.6 Å². The zero-order chi connectivity index (χ0) is 21.6. The Morgan fingerprint density at radius 3 is 2.58 bits per heavy atom. The molecule has 0 bridgehead atoms. The number of benzene rings is 1. The van der Waals surface area contributed by atoms with Crippen LogP contribution in [0, 0.1) is 11.8 Å². The van der Waals surface area contributed by atoms with E-state index in [-0.39, 0.29) is 11.3 Å². The normalized spacial score (nSPS) is 13.9. The molecule has 0 spiro atoms. The molecular formula is C24H21N3O4. The van der Waals surface area contributed by atoms with Crippen LogP contribution in [-0.2, 0) is 0 Å². The number of carbonyl (C=O) groups is 2. The van der Waals surface area contributed by atoms with Gasteiger partial charge >= 0.3 is 11.9 Å². The fourth-order valence-corrected chi connectivity index (χ4v) is 3.53. The first-order valence-corrected chi connectivity index (χ1v) is 10.1. The number of piperidine rings is 1. The van der Waals surface area contributed by atoms with E-state index in [0.29, 0.717) is 23.2 Å². The van der Waals surface area contributed by atoms with E-state index < -0.39 is 17.6 Å². The molecule has 0 aliphatic carbocycles. The van der Waals surface area contributed by atoms with Gasteiger partial charge in [-0.2, -0.15) is 0 Å². The highest BCUT2D eigenvalue weighted by Gasteiger charge is 2.23. The Bertz CT molecular complexity index is 1180. The number of rotatable bonds is 4. The molecule has 1 aliphatic heterocycles. The van der Waals surface area contributed by atoms with Crippen molar-refractivity contribution in [2.45, 2.75) is 19.3 Å². The van der Waals surface area contributed by atoms with Gasteiger partial charge in [0.05, 0.1) is 12.1 Å². The number of carboxylic acids is 1. The summed E-state index contributed by atoms with van der Waals surface area (Å²) in [7, 11) is 0. The molecule has 31 heavy (non-hydrogen) atoms. The minimum Gasteiger partial charge on any atom is -0.476 e. The number of fused-ring (bicyclic) bond motifs is 1. The number of nitrogens with zero attached hydrogens (tertiary/aromatic N) is 3. The molecule has 1 aliphatic rings. The number of carboxylic acid groups (broad SMARTS) is 1. The molecule has 3 aromatic rings. The second-order valence-corrected chi connectivity index (χ2v) is 7.24. The molecule has 7 nitrogen and oxygen atoms in total. The zero-order valence-corrected chi connectivity index (χ0v) is 16.9. The minimum absolute atomic E-state index is 0.182. The van der Waals surface area contributed by atoms with Crippen molar-refractivity contribution in [3.63, 3.8) is 0 Å². The molecule has 2 aromatic heterocycles. The molecule has 0 amide bonds. The summed E-state index contributed by atoms with van der Waals surface area (Å²) in [6.45, 7) is 2.62. The highest BCUT2D eigenvalue weighted by molar-refractivity contribution is 6.01. The Hall–Kier alpha value is -3.76. The van der Waals surface area contributed by atoms with Gasteiger partial charge in [0.1, 0.15) is 11.2 Å². The number of esters is 1. The summed E-state index contributed by atoms with van der Waals surface area (Å²) in [6, 6.07) is 11.8. The summed E-state index contributed by atoms with van der Waals surface area (Å²) < 4.78 is 5.46. The maximum Gasteiger partial charge on any atom is 0.358 e. The molecule has 3 heterocycles. The van der Waals surface area contributed by atoms with Gasteiger partial charge in [0.25, 0.3) is 0 Å². The molecule has 7 heteroatoms. The topological polar surface area (TPSA) is 92.6 Å². The van der Waals surface area contributed by atoms with E-state index in [0.717, 1.165) is 25.9 Å². The lowest BCUT2D eigenvalue weighted by Gasteiger charge is -2.23. The largest absolute Gasteiger partial charge is 0.476 e. The lowest BCUT2D eigenvalue weighted by Crippen LogP contribution is -2.29. The number of pyridine rings is 2. The number of aromatic nitrogens is 2. The van der Waals surface area contributed by atoms with Crippen molar-refractivity contribution in [2.24, 2.45) is 0 Å². The number of carbonyl (C=O) groups excluding carboxylic acids is 1. The molecule has 0 atom stereocenters. The van der Waals surface area contributed by atoms with Crippen LogP contribution in [0.3, 0.4) is 0 Å². The molecule has 0 unspecified atom stereocenters. The monoisotopic (exact) mass is 415 g/mol. The number of aromatic carboxylic acids is 1. The molecule has 4 rings (SSSR count). The molecule has 0 saturated carbocycles. The van der Waals surface area contributed by atoms with Gasteiger partial charge in [-0.1, -0.05) is 30.5 Å². The average Bonchev–Trinajstić information content (AvgIpc) is 2.81. The SMILES string of the molecule is O=C(Oc1c(C(=O)O)nc(C#CCN2CCCCC2)c2cccnc12)c1ccccc1. The lowest BCUT2D eigenvalue weighted by atomic mass is 10.1. The predicted octanol–water partition coefficient (Wildman–Crippen LogP) is 3.38. The molecule has 1 saturated heterocycles. The number of ether oxygens (including phenoxy) is 1. The summed E-state index contributed by atoms with van der Waals surface area (Å²) in [6.07, 6.45) is 5.08. The van der Waals surface area contributed by atoms with Crippen LogP contribution in [0.5, 0.6) is 5.75 Å². The summed E-state index contributed by atoms with van der Waals surface area (Å²) in [5.74, 6) is 3.92. The summed E-state index contributed by atoms with van der Waals surface area (Å²) in [4.78, 5) is 35.2. The van der Waals surface area contributed by atoms with Crippen molar-refractivity contribution in [3.05, 3.63) is 65.6 Å². The average molecular weight is 415 g/mol. The predicted molar refractivity (Wildman–Crippen MR) is 115 cm³/mol. The summed E-state index contributed by atoms with van der Waals surface area (Å²) in [5, 5.41) is 10.3. The minimum atomic E-state index is -1.32. The van der Waals surface area contributed by atoms with E-state index >= 15 is 0 Å². The van der Waals surface area contributed by atoms with Gasteiger partial charge < -0.3 is 9.84 Å². The van der Waals surface area contributed by atoms with Crippen LogP contribution in [0.2, 0.25) is 0 Å². The van der Waals surface area contributed by atoms with Crippen LogP contribution in [0.25, 0.3) is 10.9 Å². The second-order valence-electron chi connectivity index (χ2n) is 7.24. The molecule has 156 valence electrons. The van der Waals surface area contributed by atoms with E-state index in [1.165, 1.54) is 12.6 Å². The van der Waals surface area contributed by atoms with E-state index in [4.69, 9.17) is 4.74 Å². The van der Waals surface area contributed by atoms with Gasteiger partial charge in [0.15, 0.2) is 11.4 Å². The first-order valence-electron chi connectivity index (χ1n) is 10.1.